The maximum Gasteiger partial charge on any atom is 0.0422 e. The Balaban J connectivity index is 2.17. The summed E-state index contributed by atoms with van der Waals surface area (Å²) in [7, 11) is 1.97. The van der Waals surface area contributed by atoms with E-state index >= 15 is 0 Å². The van der Waals surface area contributed by atoms with Crippen LogP contribution in [-0.2, 0) is 6.42 Å². The van der Waals surface area contributed by atoms with Gasteiger partial charge in [0.25, 0.3) is 0 Å². The van der Waals surface area contributed by atoms with E-state index in [4.69, 9.17) is 0 Å². The first kappa shape index (κ1) is 11.7. The number of aryl methyl sites for hydroxylation is 1. The van der Waals surface area contributed by atoms with Crippen LogP contribution in [0.15, 0.2) is 42.9 Å². The van der Waals surface area contributed by atoms with Crippen molar-refractivity contribution < 1.29 is 0 Å². The molecule has 0 saturated carbocycles. The van der Waals surface area contributed by atoms with Gasteiger partial charge in [0.05, 0.1) is 0 Å². The Kier molecular flexibility index (Phi) is 3.83. The first-order valence-electron chi connectivity index (χ1n) is 5.78. The number of pyridine rings is 2. The molecule has 1 N–H and O–H groups in total. The van der Waals surface area contributed by atoms with Crippen LogP contribution in [0.4, 0.5) is 0 Å². The van der Waals surface area contributed by atoms with E-state index < -0.39 is 0 Å². The molecule has 0 aliphatic heterocycles. The zero-order chi connectivity index (χ0) is 12.1. The first-order valence-corrected chi connectivity index (χ1v) is 5.78. The third-order valence-corrected chi connectivity index (χ3v) is 2.79. The van der Waals surface area contributed by atoms with Crippen molar-refractivity contribution >= 4 is 0 Å². The summed E-state index contributed by atoms with van der Waals surface area (Å²) in [5, 5.41) is 3.31. The Morgan fingerprint density at radius 2 is 2.18 bits per heavy atom. The monoisotopic (exact) mass is 227 g/mol. The molecule has 2 heterocycles. The highest BCUT2D eigenvalue weighted by molar-refractivity contribution is 5.22. The number of rotatable bonds is 4. The Morgan fingerprint density at radius 3 is 2.82 bits per heavy atom. The van der Waals surface area contributed by atoms with Gasteiger partial charge in [0.1, 0.15) is 0 Å². The van der Waals surface area contributed by atoms with Crippen LogP contribution in [0.3, 0.4) is 0 Å². The highest BCUT2D eigenvalue weighted by Crippen LogP contribution is 2.16. The molecule has 0 aromatic carbocycles. The van der Waals surface area contributed by atoms with Crippen molar-refractivity contribution in [2.24, 2.45) is 0 Å². The summed E-state index contributed by atoms with van der Waals surface area (Å²) in [6.07, 6.45) is 6.49. The second-order valence-corrected chi connectivity index (χ2v) is 4.16. The SMILES string of the molecule is CNC(Cc1ccccn1)c1cncc(C)c1. The molecule has 0 amide bonds. The van der Waals surface area contributed by atoms with Crippen molar-refractivity contribution in [3.05, 3.63) is 59.7 Å². The molecule has 0 radical (unpaired) electrons. The molecule has 3 nitrogen and oxygen atoms in total. The fourth-order valence-corrected chi connectivity index (χ4v) is 1.88. The standard InChI is InChI=1S/C14H17N3/c1-11-7-12(10-16-9-11)14(15-2)8-13-5-3-4-6-17-13/h3-7,9-10,14-15H,8H2,1-2H3. The number of hydrogen-bond acceptors (Lipinski definition) is 3. The van der Waals surface area contributed by atoms with Gasteiger partial charge in [-0.25, -0.2) is 0 Å². The van der Waals surface area contributed by atoms with Crippen LogP contribution in [0.5, 0.6) is 0 Å². The van der Waals surface area contributed by atoms with E-state index in [2.05, 4.69) is 28.3 Å². The van der Waals surface area contributed by atoms with E-state index in [9.17, 15) is 0 Å². The lowest BCUT2D eigenvalue weighted by Crippen LogP contribution is -2.19. The highest BCUT2D eigenvalue weighted by atomic mass is 14.9. The average Bonchev–Trinajstić information content (AvgIpc) is 2.37. The maximum absolute atomic E-state index is 4.35. The van der Waals surface area contributed by atoms with Gasteiger partial charge in [-0.15, -0.1) is 0 Å². The van der Waals surface area contributed by atoms with Gasteiger partial charge in [0, 0.05) is 36.7 Å². The number of nitrogens with one attached hydrogen (secondary N) is 1. The topological polar surface area (TPSA) is 37.8 Å². The van der Waals surface area contributed by atoms with Crippen LogP contribution in [0.2, 0.25) is 0 Å². The molecule has 88 valence electrons. The largest absolute Gasteiger partial charge is 0.313 e. The Hall–Kier alpha value is -1.74. The lowest BCUT2D eigenvalue weighted by Gasteiger charge is -2.16. The van der Waals surface area contributed by atoms with Crippen molar-refractivity contribution in [3.63, 3.8) is 0 Å². The second-order valence-electron chi connectivity index (χ2n) is 4.16. The fraction of sp³-hybridized carbons (Fsp3) is 0.286. The minimum atomic E-state index is 0.261. The molecular formula is C14H17N3. The van der Waals surface area contributed by atoms with E-state index in [0.29, 0.717) is 0 Å². The lowest BCUT2D eigenvalue weighted by molar-refractivity contribution is 0.582. The van der Waals surface area contributed by atoms with E-state index in [-0.39, 0.29) is 6.04 Å². The van der Waals surface area contributed by atoms with Gasteiger partial charge in [-0.2, -0.15) is 0 Å². The molecule has 1 unspecified atom stereocenters. The number of hydrogen-bond donors (Lipinski definition) is 1. The van der Waals surface area contributed by atoms with Gasteiger partial charge in [-0.05, 0) is 37.2 Å². The summed E-state index contributed by atoms with van der Waals surface area (Å²) >= 11 is 0. The van der Waals surface area contributed by atoms with Gasteiger partial charge >= 0.3 is 0 Å². The molecule has 2 aromatic heterocycles. The van der Waals surface area contributed by atoms with Crippen molar-refractivity contribution in [3.8, 4) is 0 Å². The minimum Gasteiger partial charge on any atom is -0.313 e. The molecule has 2 rings (SSSR count). The van der Waals surface area contributed by atoms with Crippen LogP contribution in [0.1, 0.15) is 22.9 Å². The van der Waals surface area contributed by atoms with Gasteiger partial charge in [-0.3, -0.25) is 9.97 Å². The van der Waals surface area contributed by atoms with Crippen LogP contribution in [0.25, 0.3) is 0 Å². The van der Waals surface area contributed by atoms with Crippen molar-refractivity contribution in [1.82, 2.24) is 15.3 Å². The smallest absolute Gasteiger partial charge is 0.0422 e. The quantitative estimate of drug-likeness (QED) is 0.870. The fourth-order valence-electron chi connectivity index (χ4n) is 1.88. The van der Waals surface area contributed by atoms with E-state index in [1.807, 2.05) is 43.8 Å². The number of nitrogens with zero attached hydrogens (tertiary/aromatic N) is 2. The summed E-state index contributed by atoms with van der Waals surface area (Å²) in [6, 6.07) is 8.43. The third kappa shape index (κ3) is 3.11. The summed E-state index contributed by atoms with van der Waals surface area (Å²) in [5.74, 6) is 0. The predicted octanol–water partition coefficient (Wildman–Crippen LogP) is 2.29. The molecule has 0 aliphatic carbocycles. The molecule has 3 heteroatoms. The second kappa shape index (κ2) is 5.55. The molecule has 0 spiro atoms. The molecular weight excluding hydrogens is 210 g/mol. The van der Waals surface area contributed by atoms with E-state index in [1.54, 1.807) is 0 Å². The Bertz CT molecular complexity index is 468. The van der Waals surface area contributed by atoms with Crippen molar-refractivity contribution in [1.29, 1.82) is 0 Å². The summed E-state index contributed by atoms with van der Waals surface area (Å²) in [4.78, 5) is 8.59. The highest BCUT2D eigenvalue weighted by Gasteiger charge is 2.11. The molecule has 2 aromatic rings. The molecule has 0 aliphatic rings. The third-order valence-electron chi connectivity index (χ3n) is 2.79. The average molecular weight is 227 g/mol. The lowest BCUT2D eigenvalue weighted by atomic mass is 10.0. The normalized spacial score (nSPS) is 12.4. The van der Waals surface area contributed by atoms with E-state index in [0.717, 1.165) is 12.1 Å². The van der Waals surface area contributed by atoms with Gasteiger partial charge < -0.3 is 5.32 Å². The van der Waals surface area contributed by atoms with Gasteiger partial charge in [0.2, 0.25) is 0 Å². The minimum absolute atomic E-state index is 0.261. The van der Waals surface area contributed by atoms with Crippen LogP contribution in [-0.4, -0.2) is 17.0 Å². The van der Waals surface area contributed by atoms with Crippen molar-refractivity contribution in [2.75, 3.05) is 7.05 Å². The van der Waals surface area contributed by atoms with Gasteiger partial charge in [0.15, 0.2) is 0 Å². The number of likely N-dealkylation sites (N-methyl/N-ethyl adjacent to an activating group) is 1. The zero-order valence-corrected chi connectivity index (χ0v) is 10.2. The summed E-state index contributed by atoms with van der Waals surface area (Å²) < 4.78 is 0. The predicted molar refractivity (Wildman–Crippen MR) is 68.7 cm³/mol. The maximum atomic E-state index is 4.35. The Morgan fingerprint density at radius 1 is 1.29 bits per heavy atom. The van der Waals surface area contributed by atoms with Crippen LogP contribution < -0.4 is 5.32 Å². The van der Waals surface area contributed by atoms with Crippen LogP contribution >= 0.6 is 0 Å². The Labute approximate surface area is 102 Å². The van der Waals surface area contributed by atoms with E-state index in [1.165, 1.54) is 11.1 Å². The summed E-state index contributed by atoms with van der Waals surface area (Å²) in [5.41, 5.74) is 3.48. The number of aromatic nitrogens is 2. The molecule has 1 atom stereocenters. The molecule has 17 heavy (non-hydrogen) atoms. The first-order chi connectivity index (χ1) is 8.29. The molecule has 0 saturated heterocycles. The molecule has 0 bridgehead atoms. The molecule has 0 fully saturated rings. The van der Waals surface area contributed by atoms with Crippen molar-refractivity contribution in [2.45, 2.75) is 19.4 Å². The zero-order valence-electron chi connectivity index (χ0n) is 10.2. The van der Waals surface area contributed by atoms with Crippen LogP contribution in [0, 0.1) is 6.92 Å². The summed E-state index contributed by atoms with van der Waals surface area (Å²) in [6.45, 7) is 2.06. The van der Waals surface area contributed by atoms with Gasteiger partial charge in [-0.1, -0.05) is 12.1 Å².